The van der Waals surface area contributed by atoms with Crippen molar-refractivity contribution in [1.82, 2.24) is 4.98 Å². The van der Waals surface area contributed by atoms with E-state index in [4.69, 9.17) is 10.2 Å². The normalized spacial score (nSPS) is 13.6. The number of aromatic nitrogens is 1. The number of carbonyl (C=O) groups is 1. The third kappa shape index (κ3) is 2.82. The summed E-state index contributed by atoms with van der Waals surface area (Å²) in [6.07, 6.45) is -6.46. The van der Waals surface area contributed by atoms with E-state index in [-0.39, 0.29) is 9.26 Å². The Labute approximate surface area is 101 Å². The van der Waals surface area contributed by atoms with Gasteiger partial charge < -0.3 is 10.2 Å². The van der Waals surface area contributed by atoms with Crippen LogP contribution < -0.4 is 0 Å². The van der Waals surface area contributed by atoms with Crippen LogP contribution in [0.4, 0.5) is 13.2 Å². The van der Waals surface area contributed by atoms with Crippen LogP contribution in [0.15, 0.2) is 12.1 Å². The molecule has 1 heterocycles. The summed E-state index contributed by atoms with van der Waals surface area (Å²) >= 11 is 1.44. The van der Waals surface area contributed by atoms with Crippen LogP contribution in [0.2, 0.25) is 0 Å². The van der Waals surface area contributed by atoms with Gasteiger partial charge in [0, 0.05) is 5.56 Å². The summed E-state index contributed by atoms with van der Waals surface area (Å²) in [5, 5.41) is 17.6. The number of hydrogen-bond donors (Lipinski definition) is 2. The molecule has 0 aliphatic carbocycles. The van der Waals surface area contributed by atoms with Crippen molar-refractivity contribution in [2.75, 3.05) is 0 Å². The number of alkyl halides is 3. The molecule has 1 unspecified atom stereocenters. The lowest BCUT2D eigenvalue weighted by Crippen LogP contribution is -2.15. The fourth-order valence-electron chi connectivity index (χ4n) is 0.940. The number of aliphatic hydroxyl groups excluding tert-OH is 1. The quantitative estimate of drug-likeness (QED) is 0.633. The molecule has 1 aromatic heterocycles. The van der Waals surface area contributed by atoms with Crippen LogP contribution in [0.25, 0.3) is 0 Å². The summed E-state index contributed by atoms with van der Waals surface area (Å²) in [6, 6.07) is 1.53. The topological polar surface area (TPSA) is 70.4 Å². The Hall–Kier alpha value is -0.900. The van der Waals surface area contributed by atoms with Crippen LogP contribution in [0.1, 0.15) is 17.4 Å². The van der Waals surface area contributed by atoms with Crippen LogP contribution in [0, 0.1) is 3.70 Å². The molecule has 0 radical (unpaired) electrons. The SMILES string of the molecule is O=C(O)C(O)c1ccc(C(F)(F)F)nc1I. The van der Waals surface area contributed by atoms with E-state index in [1.165, 1.54) is 22.6 Å². The molecule has 0 aliphatic heterocycles. The molecule has 0 bridgehead atoms. The molecule has 0 saturated heterocycles. The Morgan fingerprint density at radius 3 is 2.38 bits per heavy atom. The van der Waals surface area contributed by atoms with Crippen molar-refractivity contribution < 1.29 is 28.2 Å². The van der Waals surface area contributed by atoms with E-state index in [0.29, 0.717) is 6.07 Å². The predicted octanol–water partition coefficient (Wildman–Crippen LogP) is 1.82. The van der Waals surface area contributed by atoms with Gasteiger partial charge in [0.25, 0.3) is 0 Å². The highest BCUT2D eigenvalue weighted by Gasteiger charge is 2.33. The lowest BCUT2D eigenvalue weighted by Gasteiger charge is -2.10. The van der Waals surface area contributed by atoms with Crippen molar-refractivity contribution in [3.63, 3.8) is 0 Å². The predicted molar refractivity (Wildman–Crippen MR) is 54.6 cm³/mol. The molecule has 0 spiro atoms. The molecule has 1 aromatic rings. The van der Waals surface area contributed by atoms with Gasteiger partial charge in [0.1, 0.15) is 9.39 Å². The molecule has 88 valence electrons. The van der Waals surface area contributed by atoms with Crippen molar-refractivity contribution in [2.24, 2.45) is 0 Å². The number of pyridine rings is 1. The highest BCUT2D eigenvalue weighted by Crippen LogP contribution is 2.29. The van der Waals surface area contributed by atoms with Crippen LogP contribution in [0.3, 0.4) is 0 Å². The first-order chi connectivity index (χ1) is 7.23. The standard InChI is InChI=1S/C8H5F3INO3/c9-8(10,11)4-2-1-3(6(12)13-4)5(14)7(15)16/h1-2,5,14H,(H,15,16). The molecular weight excluding hydrogens is 342 g/mol. The van der Waals surface area contributed by atoms with Crippen molar-refractivity contribution in [1.29, 1.82) is 0 Å². The Morgan fingerprint density at radius 2 is 2.00 bits per heavy atom. The van der Waals surface area contributed by atoms with Crippen LogP contribution >= 0.6 is 22.6 Å². The molecule has 16 heavy (non-hydrogen) atoms. The monoisotopic (exact) mass is 347 g/mol. The average Bonchev–Trinajstić information content (AvgIpc) is 2.15. The zero-order valence-electron chi connectivity index (χ0n) is 7.49. The highest BCUT2D eigenvalue weighted by atomic mass is 127. The van der Waals surface area contributed by atoms with E-state index in [9.17, 15) is 18.0 Å². The number of carboxylic acid groups (broad SMARTS) is 1. The number of hydrogen-bond acceptors (Lipinski definition) is 3. The number of aliphatic hydroxyl groups is 1. The third-order valence-corrected chi connectivity index (χ3v) is 2.56. The zero-order valence-corrected chi connectivity index (χ0v) is 9.65. The van der Waals surface area contributed by atoms with Crippen LogP contribution in [0.5, 0.6) is 0 Å². The summed E-state index contributed by atoms with van der Waals surface area (Å²) in [7, 11) is 0. The van der Waals surface area contributed by atoms with E-state index in [1.54, 1.807) is 0 Å². The summed E-state index contributed by atoms with van der Waals surface area (Å²) in [4.78, 5) is 13.6. The molecule has 0 amide bonds. The summed E-state index contributed by atoms with van der Waals surface area (Å²) in [6.45, 7) is 0. The van der Waals surface area contributed by atoms with Crippen molar-refractivity contribution in [3.8, 4) is 0 Å². The fourth-order valence-corrected chi connectivity index (χ4v) is 1.67. The van der Waals surface area contributed by atoms with E-state index in [1.807, 2.05) is 0 Å². The lowest BCUT2D eigenvalue weighted by molar-refractivity contribution is -0.147. The van der Waals surface area contributed by atoms with E-state index in [2.05, 4.69) is 4.98 Å². The molecule has 4 nitrogen and oxygen atoms in total. The molecule has 0 fully saturated rings. The molecule has 0 aromatic carbocycles. The van der Waals surface area contributed by atoms with Crippen LogP contribution in [-0.4, -0.2) is 21.2 Å². The van der Waals surface area contributed by atoms with Gasteiger partial charge in [0.15, 0.2) is 6.10 Å². The molecule has 1 atom stereocenters. The van der Waals surface area contributed by atoms with E-state index >= 15 is 0 Å². The second kappa shape index (κ2) is 4.53. The van der Waals surface area contributed by atoms with Gasteiger partial charge in [0.2, 0.25) is 0 Å². The molecular formula is C8H5F3INO3. The first kappa shape index (κ1) is 13.2. The minimum absolute atomic E-state index is 0.166. The number of halogens is 4. The number of aliphatic carboxylic acids is 1. The summed E-state index contributed by atoms with van der Waals surface area (Å²) < 4.78 is 36.5. The number of rotatable bonds is 2. The smallest absolute Gasteiger partial charge is 0.433 e. The summed E-state index contributed by atoms with van der Waals surface area (Å²) in [5.74, 6) is -1.54. The van der Waals surface area contributed by atoms with Gasteiger partial charge in [-0.2, -0.15) is 13.2 Å². The lowest BCUT2D eigenvalue weighted by atomic mass is 10.1. The first-order valence-electron chi connectivity index (χ1n) is 3.88. The Bertz CT molecular complexity index is 421. The maximum Gasteiger partial charge on any atom is 0.433 e. The second-order valence-corrected chi connectivity index (χ2v) is 3.84. The maximum absolute atomic E-state index is 12.2. The van der Waals surface area contributed by atoms with Gasteiger partial charge in [-0.3, -0.25) is 0 Å². The Morgan fingerprint density at radius 1 is 1.44 bits per heavy atom. The highest BCUT2D eigenvalue weighted by molar-refractivity contribution is 14.1. The zero-order chi connectivity index (χ0) is 12.5. The first-order valence-corrected chi connectivity index (χ1v) is 4.96. The van der Waals surface area contributed by atoms with Crippen molar-refractivity contribution >= 4 is 28.6 Å². The second-order valence-electron chi connectivity index (χ2n) is 2.82. The minimum Gasteiger partial charge on any atom is -0.479 e. The Balaban J connectivity index is 3.15. The van der Waals surface area contributed by atoms with Gasteiger partial charge in [-0.05, 0) is 28.7 Å². The minimum atomic E-state index is -4.59. The molecule has 0 saturated carbocycles. The number of carboxylic acids is 1. The van der Waals surface area contributed by atoms with Gasteiger partial charge in [0.05, 0.1) is 0 Å². The molecule has 0 aliphatic rings. The van der Waals surface area contributed by atoms with Crippen molar-refractivity contribution in [2.45, 2.75) is 12.3 Å². The molecule has 2 N–H and O–H groups in total. The van der Waals surface area contributed by atoms with Gasteiger partial charge in [-0.1, -0.05) is 6.07 Å². The maximum atomic E-state index is 12.2. The van der Waals surface area contributed by atoms with Gasteiger partial charge in [-0.25, -0.2) is 9.78 Å². The van der Waals surface area contributed by atoms with Crippen molar-refractivity contribution in [3.05, 3.63) is 27.1 Å². The fraction of sp³-hybridized carbons (Fsp3) is 0.250. The van der Waals surface area contributed by atoms with E-state index < -0.39 is 23.9 Å². The third-order valence-electron chi connectivity index (χ3n) is 1.70. The number of nitrogens with zero attached hydrogens (tertiary/aromatic N) is 1. The van der Waals surface area contributed by atoms with E-state index in [0.717, 1.165) is 6.07 Å². The Kier molecular flexibility index (Phi) is 3.73. The summed E-state index contributed by atoms with van der Waals surface area (Å²) in [5.41, 5.74) is -1.29. The van der Waals surface area contributed by atoms with Crippen LogP contribution in [-0.2, 0) is 11.0 Å². The van der Waals surface area contributed by atoms with Gasteiger partial charge in [-0.15, -0.1) is 0 Å². The average molecular weight is 347 g/mol. The largest absolute Gasteiger partial charge is 0.479 e. The molecule has 1 rings (SSSR count). The van der Waals surface area contributed by atoms with Gasteiger partial charge >= 0.3 is 12.1 Å². The molecule has 8 heteroatoms.